The van der Waals surface area contributed by atoms with E-state index < -0.39 is 0 Å². The van der Waals surface area contributed by atoms with E-state index in [4.69, 9.17) is 4.74 Å². The quantitative estimate of drug-likeness (QED) is 0.914. The molecule has 1 aliphatic heterocycles. The van der Waals surface area contributed by atoms with Crippen molar-refractivity contribution in [2.45, 2.75) is 39.8 Å². The number of nitrogens with zero attached hydrogens (tertiary/aromatic N) is 2. The molecule has 0 aliphatic carbocycles. The molecule has 1 aliphatic rings. The van der Waals surface area contributed by atoms with Crippen LogP contribution in [-0.4, -0.2) is 34.7 Å². The minimum absolute atomic E-state index is 0.319. The fraction of sp³-hybridized carbons (Fsp3) is 0.526. The average molecular weight is 314 g/mol. The lowest BCUT2D eigenvalue weighted by molar-refractivity contribution is 0.134. The second kappa shape index (κ2) is 7.28. The van der Waals surface area contributed by atoms with Gasteiger partial charge < -0.3 is 9.84 Å². The van der Waals surface area contributed by atoms with Gasteiger partial charge in [0.2, 0.25) is 0 Å². The molecule has 4 heteroatoms. The molecule has 0 atom stereocenters. The summed E-state index contributed by atoms with van der Waals surface area (Å²) >= 11 is 0. The maximum Gasteiger partial charge on any atom is 0.146 e. The number of phenolic OH excluding ortho intramolecular Hbond substituents is 1. The Hall–Kier alpha value is -1.65. The third-order valence-electron chi connectivity index (χ3n) is 4.76. The molecule has 0 bridgehead atoms. The second-order valence-corrected chi connectivity index (χ2v) is 6.54. The van der Waals surface area contributed by atoms with E-state index >= 15 is 0 Å². The Labute approximate surface area is 138 Å². The monoisotopic (exact) mass is 314 g/mol. The summed E-state index contributed by atoms with van der Waals surface area (Å²) in [6, 6.07) is 6.00. The van der Waals surface area contributed by atoms with Gasteiger partial charge in [0.25, 0.3) is 0 Å². The SMILES string of the molecule is CCOCc1cc(CN2CCC(C)CC2)c(O)c2ncccc12. The second-order valence-electron chi connectivity index (χ2n) is 6.54. The number of pyridine rings is 1. The van der Waals surface area contributed by atoms with E-state index in [1.54, 1.807) is 6.20 Å². The van der Waals surface area contributed by atoms with E-state index in [2.05, 4.69) is 22.9 Å². The topological polar surface area (TPSA) is 45.6 Å². The Morgan fingerprint density at radius 2 is 2.09 bits per heavy atom. The smallest absolute Gasteiger partial charge is 0.146 e. The van der Waals surface area contributed by atoms with Gasteiger partial charge in [0.05, 0.1) is 6.61 Å². The number of fused-ring (bicyclic) bond motifs is 1. The molecule has 1 saturated heterocycles. The van der Waals surface area contributed by atoms with E-state index in [0.29, 0.717) is 24.5 Å². The van der Waals surface area contributed by atoms with Crippen molar-refractivity contribution in [2.75, 3.05) is 19.7 Å². The average Bonchev–Trinajstić information content (AvgIpc) is 2.58. The van der Waals surface area contributed by atoms with Crippen molar-refractivity contribution in [3.63, 3.8) is 0 Å². The lowest BCUT2D eigenvalue weighted by atomic mass is 9.98. The number of hydrogen-bond donors (Lipinski definition) is 1. The fourth-order valence-electron chi connectivity index (χ4n) is 3.27. The van der Waals surface area contributed by atoms with Gasteiger partial charge in [-0.3, -0.25) is 9.88 Å². The summed E-state index contributed by atoms with van der Waals surface area (Å²) in [5.41, 5.74) is 2.75. The molecule has 1 fully saturated rings. The van der Waals surface area contributed by atoms with E-state index in [0.717, 1.165) is 42.1 Å². The molecule has 1 N–H and O–H groups in total. The molecule has 0 spiro atoms. The lowest BCUT2D eigenvalue weighted by Crippen LogP contribution is -2.32. The zero-order valence-corrected chi connectivity index (χ0v) is 14.1. The first-order valence-electron chi connectivity index (χ1n) is 8.57. The van der Waals surface area contributed by atoms with E-state index in [1.165, 1.54) is 12.8 Å². The molecule has 23 heavy (non-hydrogen) atoms. The number of aromatic hydroxyl groups is 1. The number of ether oxygens (including phenoxy) is 1. The molecule has 0 radical (unpaired) electrons. The summed E-state index contributed by atoms with van der Waals surface area (Å²) in [5.74, 6) is 1.13. The molecule has 3 rings (SSSR count). The first kappa shape index (κ1) is 16.2. The number of phenols is 1. The summed E-state index contributed by atoms with van der Waals surface area (Å²) in [5, 5.41) is 11.6. The molecule has 2 aromatic rings. The Morgan fingerprint density at radius 1 is 1.30 bits per heavy atom. The molecule has 0 unspecified atom stereocenters. The van der Waals surface area contributed by atoms with Crippen molar-refractivity contribution in [3.8, 4) is 5.75 Å². The van der Waals surface area contributed by atoms with Gasteiger partial charge in [-0.1, -0.05) is 13.0 Å². The highest BCUT2D eigenvalue weighted by molar-refractivity contribution is 5.88. The van der Waals surface area contributed by atoms with Gasteiger partial charge in [0, 0.05) is 30.3 Å². The van der Waals surface area contributed by atoms with Crippen molar-refractivity contribution in [1.29, 1.82) is 0 Å². The summed E-state index contributed by atoms with van der Waals surface area (Å²) in [7, 11) is 0. The zero-order chi connectivity index (χ0) is 16.2. The van der Waals surface area contributed by atoms with Crippen molar-refractivity contribution in [2.24, 2.45) is 5.92 Å². The zero-order valence-electron chi connectivity index (χ0n) is 14.1. The number of benzene rings is 1. The molecule has 124 valence electrons. The van der Waals surface area contributed by atoms with Gasteiger partial charge in [-0.2, -0.15) is 0 Å². The summed E-state index contributed by atoms with van der Waals surface area (Å²) < 4.78 is 5.60. The maximum absolute atomic E-state index is 10.7. The van der Waals surface area contributed by atoms with Crippen LogP contribution in [0.1, 0.15) is 37.8 Å². The lowest BCUT2D eigenvalue weighted by Gasteiger charge is -2.30. The minimum Gasteiger partial charge on any atom is -0.505 e. The summed E-state index contributed by atoms with van der Waals surface area (Å²) in [4.78, 5) is 6.82. The molecule has 4 nitrogen and oxygen atoms in total. The van der Waals surface area contributed by atoms with Gasteiger partial charge in [-0.15, -0.1) is 0 Å². The van der Waals surface area contributed by atoms with Crippen LogP contribution in [0.15, 0.2) is 24.4 Å². The predicted octanol–water partition coefficient (Wildman–Crippen LogP) is 3.71. The van der Waals surface area contributed by atoms with Crippen LogP contribution >= 0.6 is 0 Å². The van der Waals surface area contributed by atoms with Gasteiger partial charge in [0.1, 0.15) is 11.3 Å². The van der Waals surface area contributed by atoms with E-state index in [-0.39, 0.29) is 0 Å². The summed E-state index contributed by atoms with van der Waals surface area (Å²) in [6.45, 7) is 8.53. The highest BCUT2D eigenvalue weighted by Crippen LogP contribution is 2.32. The van der Waals surface area contributed by atoms with Gasteiger partial charge >= 0.3 is 0 Å². The van der Waals surface area contributed by atoms with Crippen LogP contribution in [0.2, 0.25) is 0 Å². The minimum atomic E-state index is 0.319. The van der Waals surface area contributed by atoms with Crippen LogP contribution in [0.25, 0.3) is 10.9 Å². The van der Waals surface area contributed by atoms with Crippen molar-refractivity contribution < 1.29 is 9.84 Å². The Balaban J connectivity index is 1.91. The van der Waals surface area contributed by atoms with Crippen molar-refractivity contribution in [1.82, 2.24) is 9.88 Å². The predicted molar refractivity (Wildman–Crippen MR) is 92.4 cm³/mol. The number of piperidine rings is 1. The van der Waals surface area contributed by atoms with Crippen LogP contribution in [0.5, 0.6) is 5.75 Å². The Morgan fingerprint density at radius 3 is 2.83 bits per heavy atom. The fourth-order valence-corrected chi connectivity index (χ4v) is 3.27. The molecule has 1 aromatic heterocycles. The van der Waals surface area contributed by atoms with Crippen LogP contribution in [0.4, 0.5) is 0 Å². The Bertz CT molecular complexity index is 664. The molecule has 2 heterocycles. The number of likely N-dealkylation sites (tertiary alicyclic amines) is 1. The van der Waals surface area contributed by atoms with Gasteiger partial charge in [-0.05, 0) is 56.5 Å². The van der Waals surface area contributed by atoms with Gasteiger partial charge in [0.15, 0.2) is 0 Å². The van der Waals surface area contributed by atoms with E-state index in [9.17, 15) is 5.11 Å². The molecular formula is C19H26N2O2. The first-order valence-corrected chi connectivity index (χ1v) is 8.57. The van der Waals surface area contributed by atoms with Crippen LogP contribution in [0, 0.1) is 5.92 Å². The van der Waals surface area contributed by atoms with Gasteiger partial charge in [-0.25, -0.2) is 0 Å². The van der Waals surface area contributed by atoms with E-state index in [1.807, 2.05) is 19.1 Å². The third kappa shape index (κ3) is 3.65. The summed E-state index contributed by atoms with van der Waals surface area (Å²) in [6.07, 6.45) is 4.20. The Kier molecular flexibility index (Phi) is 5.13. The number of aromatic nitrogens is 1. The number of hydrogen-bond acceptors (Lipinski definition) is 4. The van der Waals surface area contributed by atoms with Crippen molar-refractivity contribution >= 4 is 10.9 Å². The van der Waals surface area contributed by atoms with Crippen LogP contribution in [0.3, 0.4) is 0 Å². The molecule has 0 amide bonds. The molecule has 0 saturated carbocycles. The largest absolute Gasteiger partial charge is 0.505 e. The highest BCUT2D eigenvalue weighted by Gasteiger charge is 2.19. The standard InChI is InChI=1S/C19H26N2O2/c1-3-23-13-16-11-15(12-21-9-6-14(2)7-10-21)19(22)18-17(16)5-4-8-20-18/h4-5,8,11,14,22H,3,6-7,9-10,12-13H2,1-2H3. The van der Waals surface area contributed by atoms with Crippen LogP contribution in [-0.2, 0) is 17.9 Å². The van der Waals surface area contributed by atoms with Crippen molar-refractivity contribution in [3.05, 3.63) is 35.5 Å². The normalized spacial score (nSPS) is 17.0. The first-order chi connectivity index (χ1) is 11.2. The number of rotatable bonds is 5. The van der Waals surface area contributed by atoms with Crippen LogP contribution < -0.4 is 0 Å². The maximum atomic E-state index is 10.7. The third-order valence-corrected chi connectivity index (χ3v) is 4.76. The molecular weight excluding hydrogens is 288 g/mol. The highest BCUT2D eigenvalue weighted by atomic mass is 16.5. The molecule has 1 aromatic carbocycles.